The van der Waals surface area contributed by atoms with Crippen LogP contribution in [0.3, 0.4) is 0 Å². The van der Waals surface area contributed by atoms with Crippen LogP contribution in [0.25, 0.3) is 0 Å². The zero-order valence-electron chi connectivity index (χ0n) is 14.2. The van der Waals surface area contributed by atoms with Crippen molar-refractivity contribution >= 4 is 10.1 Å². The summed E-state index contributed by atoms with van der Waals surface area (Å²) in [7, 11) is -4.15. The fraction of sp³-hybridized carbons (Fsp3) is 0.400. The van der Waals surface area contributed by atoms with Gasteiger partial charge in [0.05, 0.1) is 4.90 Å². The third kappa shape index (κ3) is 5.77. The quantitative estimate of drug-likeness (QED) is 0.522. The van der Waals surface area contributed by atoms with E-state index in [1.165, 1.54) is 36.5 Å². The molecule has 0 saturated heterocycles. The first-order chi connectivity index (χ1) is 11.5. The molecule has 0 amide bonds. The summed E-state index contributed by atoms with van der Waals surface area (Å²) in [4.78, 5) is 0.0243. The van der Waals surface area contributed by atoms with Gasteiger partial charge in [-0.25, -0.2) is 0 Å². The summed E-state index contributed by atoms with van der Waals surface area (Å²) < 4.78 is 32.1. The largest absolute Gasteiger partial charge is 0.294 e. The smallest absolute Gasteiger partial charge is 0.282 e. The summed E-state index contributed by atoms with van der Waals surface area (Å²) in [6.45, 7) is 2.21. The van der Waals surface area contributed by atoms with Gasteiger partial charge in [0.15, 0.2) is 0 Å². The average molecular weight is 346 g/mol. The van der Waals surface area contributed by atoms with Crippen LogP contribution in [0.15, 0.2) is 53.4 Å². The molecule has 0 spiro atoms. The normalized spacial score (nSPS) is 11.6. The maximum Gasteiger partial charge on any atom is 0.294 e. The van der Waals surface area contributed by atoms with Gasteiger partial charge in [-0.2, -0.15) is 8.42 Å². The molecule has 2 aromatic carbocycles. The second-order valence-corrected chi connectivity index (χ2v) is 7.60. The van der Waals surface area contributed by atoms with Crippen LogP contribution < -0.4 is 0 Å². The van der Waals surface area contributed by atoms with Crippen LogP contribution in [0.2, 0.25) is 0 Å². The van der Waals surface area contributed by atoms with Gasteiger partial charge in [0.1, 0.15) is 0 Å². The Morgan fingerprint density at radius 1 is 0.792 bits per heavy atom. The average Bonchev–Trinajstić information content (AvgIpc) is 2.56. The summed E-state index contributed by atoms with van der Waals surface area (Å²) in [5, 5.41) is 0. The molecule has 4 heteroatoms. The minimum Gasteiger partial charge on any atom is -0.282 e. The molecule has 0 aliphatic rings. The van der Waals surface area contributed by atoms with Crippen molar-refractivity contribution < 1.29 is 13.0 Å². The van der Waals surface area contributed by atoms with Crippen LogP contribution in [-0.4, -0.2) is 13.0 Å². The van der Waals surface area contributed by atoms with E-state index in [-0.39, 0.29) is 4.90 Å². The van der Waals surface area contributed by atoms with E-state index in [9.17, 15) is 13.0 Å². The molecule has 0 fully saturated rings. The number of unbranched alkanes of at least 4 members (excludes halogenated alkanes) is 2. The highest BCUT2D eigenvalue weighted by atomic mass is 32.2. The van der Waals surface area contributed by atoms with Gasteiger partial charge in [0, 0.05) is 0 Å². The van der Waals surface area contributed by atoms with Crippen LogP contribution in [0.1, 0.15) is 49.3 Å². The molecule has 0 heterocycles. The van der Waals surface area contributed by atoms with E-state index in [0.29, 0.717) is 12.0 Å². The highest BCUT2D eigenvalue weighted by Gasteiger charge is 2.13. The Kier molecular flexibility index (Phi) is 7.00. The number of aryl methyl sites for hydroxylation is 3. The molecular formula is C20H26O3S. The standard InChI is InChI=1S/C20H26O3S/c1-2-3-4-8-17-13-15-18(16-14-17)9-7-11-19-10-5-6-12-20(19)24(21,22)23/h5-6,10,12-16H,2-4,7-9,11H2,1H3,(H,21,22,23). The lowest BCUT2D eigenvalue weighted by Gasteiger charge is -2.07. The van der Waals surface area contributed by atoms with Crippen LogP contribution in [0.4, 0.5) is 0 Å². The molecular weight excluding hydrogens is 320 g/mol. The van der Waals surface area contributed by atoms with Crippen molar-refractivity contribution in [2.45, 2.75) is 56.8 Å². The molecule has 2 aromatic rings. The summed E-state index contributed by atoms with van der Waals surface area (Å²) in [6, 6.07) is 15.4. The maximum absolute atomic E-state index is 11.4. The van der Waals surface area contributed by atoms with Crippen LogP contribution in [0.5, 0.6) is 0 Å². The second kappa shape index (κ2) is 9.00. The summed E-state index contributed by atoms with van der Waals surface area (Å²) in [6.07, 6.45) is 7.27. The second-order valence-electron chi connectivity index (χ2n) is 6.21. The first kappa shape index (κ1) is 18.7. The lowest BCUT2D eigenvalue weighted by molar-refractivity contribution is 0.482. The monoisotopic (exact) mass is 346 g/mol. The number of benzene rings is 2. The minimum atomic E-state index is -4.15. The summed E-state index contributed by atoms with van der Waals surface area (Å²) in [5.74, 6) is 0. The van der Waals surface area contributed by atoms with E-state index in [1.54, 1.807) is 18.2 Å². The molecule has 0 saturated carbocycles. The SMILES string of the molecule is CCCCCc1ccc(CCCc2ccccc2S(=O)(=O)O)cc1. The third-order valence-corrected chi connectivity index (χ3v) is 5.21. The van der Waals surface area contributed by atoms with E-state index in [4.69, 9.17) is 0 Å². The van der Waals surface area contributed by atoms with Crippen molar-refractivity contribution in [3.05, 3.63) is 65.2 Å². The van der Waals surface area contributed by atoms with Crippen LogP contribution in [0, 0.1) is 0 Å². The topological polar surface area (TPSA) is 54.4 Å². The number of hydrogen-bond donors (Lipinski definition) is 1. The molecule has 24 heavy (non-hydrogen) atoms. The van der Waals surface area contributed by atoms with Crippen molar-refractivity contribution in [2.75, 3.05) is 0 Å². The van der Waals surface area contributed by atoms with Gasteiger partial charge in [0.2, 0.25) is 0 Å². The van der Waals surface area contributed by atoms with Crippen LogP contribution >= 0.6 is 0 Å². The Balaban J connectivity index is 1.89. The van der Waals surface area contributed by atoms with Crippen molar-refractivity contribution in [2.24, 2.45) is 0 Å². The van der Waals surface area contributed by atoms with Gasteiger partial charge >= 0.3 is 0 Å². The molecule has 0 aliphatic heterocycles. The highest BCUT2D eigenvalue weighted by molar-refractivity contribution is 7.85. The van der Waals surface area contributed by atoms with Crippen molar-refractivity contribution in [1.29, 1.82) is 0 Å². The Bertz CT molecular complexity index is 734. The number of hydrogen-bond acceptors (Lipinski definition) is 2. The fourth-order valence-corrected chi connectivity index (χ4v) is 3.65. The minimum absolute atomic E-state index is 0.0243. The van der Waals surface area contributed by atoms with Gasteiger partial charge in [-0.3, -0.25) is 4.55 Å². The van der Waals surface area contributed by atoms with Crippen LogP contribution in [-0.2, 0) is 29.4 Å². The molecule has 0 aliphatic carbocycles. The van der Waals surface area contributed by atoms with E-state index < -0.39 is 10.1 Å². The molecule has 0 radical (unpaired) electrons. The Morgan fingerprint density at radius 3 is 1.96 bits per heavy atom. The third-order valence-electron chi connectivity index (χ3n) is 4.25. The molecule has 0 bridgehead atoms. The fourth-order valence-electron chi connectivity index (χ4n) is 2.90. The molecule has 0 unspecified atom stereocenters. The Labute approximate surface area is 145 Å². The summed E-state index contributed by atoms with van der Waals surface area (Å²) in [5.41, 5.74) is 3.32. The zero-order chi connectivity index (χ0) is 17.4. The predicted octanol–water partition coefficient (Wildman–Crippen LogP) is 4.84. The van der Waals surface area contributed by atoms with E-state index in [2.05, 4.69) is 31.2 Å². The zero-order valence-corrected chi connectivity index (χ0v) is 15.1. The maximum atomic E-state index is 11.4. The van der Waals surface area contributed by atoms with Crippen molar-refractivity contribution in [3.63, 3.8) is 0 Å². The Morgan fingerprint density at radius 2 is 1.38 bits per heavy atom. The van der Waals surface area contributed by atoms with Gasteiger partial charge in [-0.15, -0.1) is 0 Å². The first-order valence-corrected chi connectivity index (χ1v) is 10.1. The summed E-state index contributed by atoms with van der Waals surface area (Å²) >= 11 is 0. The highest BCUT2D eigenvalue weighted by Crippen LogP contribution is 2.18. The van der Waals surface area contributed by atoms with E-state index in [0.717, 1.165) is 19.3 Å². The van der Waals surface area contributed by atoms with Crippen molar-refractivity contribution in [1.82, 2.24) is 0 Å². The lowest BCUT2D eigenvalue weighted by atomic mass is 10.0. The van der Waals surface area contributed by atoms with Gasteiger partial charge in [-0.05, 0) is 54.9 Å². The number of rotatable bonds is 9. The lowest BCUT2D eigenvalue weighted by Crippen LogP contribution is -2.03. The molecule has 130 valence electrons. The molecule has 0 atom stereocenters. The Hall–Kier alpha value is -1.65. The van der Waals surface area contributed by atoms with Gasteiger partial charge < -0.3 is 0 Å². The van der Waals surface area contributed by atoms with E-state index >= 15 is 0 Å². The van der Waals surface area contributed by atoms with Crippen molar-refractivity contribution in [3.8, 4) is 0 Å². The van der Waals surface area contributed by atoms with Gasteiger partial charge in [0.25, 0.3) is 10.1 Å². The van der Waals surface area contributed by atoms with Gasteiger partial charge in [-0.1, -0.05) is 62.2 Å². The molecule has 1 N–H and O–H groups in total. The molecule has 0 aromatic heterocycles. The molecule has 2 rings (SSSR count). The molecule has 3 nitrogen and oxygen atoms in total. The first-order valence-electron chi connectivity index (χ1n) is 8.64. The predicted molar refractivity (Wildman–Crippen MR) is 98.0 cm³/mol. The van der Waals surface area contributed by atoms with E-state index in [1.807, 2.05) is 0 Å².